The van der Waals surface area contributed by atoms with Crippen molar-refractivity contribution in [3.8, 4) is 11.1 Å². The molecule has 2 aromatic heterocycles. The SMILES string of the molecule is Cn1ccnc1N1CCN(c2cc(-c3ccc(F)c(Cl)c3)cc(N3CCOCC3)n2)CC1. The quantitative estimate of drug-likeness (QED) is 0.599. The molecule has 0 radical (unpaired) electrons. The van der Waals surface area contributed by atoms with Crippen LogP contribution >= 0.6 is 11.6 Å². The van der Waals surface area contributed by atoms with Crippen molar-refractivity contribution in [3.05, 3.63) is 53.6 Å². The molecule has 4 heterocycles. The predicted molar refractivity (Wildman–Crippen MR) is 125 cm³/mol. The second kappa shape index (κ2) is 8.96. The third-order valence-electron chi connectivity index (χ3n) is 6.07. The van der Waals surface area contributed by atoms with Crippen LogP contribution in [0.4, 0.5) is 22.0 Å². The Kier molecular flexibility index (Phi) is 5.89. The highest BCUT2D eigenvalue weighted by molar-refractivity contribution is 6.31. The van der Waals surface area contributed by atoms with Crippen LogP contribution in [0.15, 0.2) is 42.7 Å². The first kappa shape index (κ1) is 21.0. The van der Waals surface area contributed by atoms with Gasteiger partial charge in [0.2, 0.25) is 5.95 Å². The standard InChI is InChI=1S/C23H26ClFN6O/c1-28-5-4-26-23(28)31-8-6-29(7-9-31)21-15-18(17-2-3-20(25)19(24)14-17)16-22(27-21)30-10-12-32-13-11-30/h2-5,14-16H,6-13H2,1H3. The molecule has 2 saturated heterocycles. The largest absolute Gasteiger partial charge is 0.378 e. The zero-order valence-corrected chi connectivity index (χ0v) is 18.8. The first-order chi connectivity index (χ1) is 15.6. The van der Waals surface area contributed by atoms with Crippen molar-refractivity contribution >= 4 is 29.2 Å². The minimum Gasteiger partial charge on any atom is -0.378 e. The van der Waals surface area contributed by atoms with Crippen molar-refractivity contribution in [2.45, 2.75) is 0 Å². The van der Waals surface area contributed by atoms with E-state index in [2.05, 4.69) is 31.8 Å². The first-order valence-electron chi connectivity index (χ1n) is 10.9. The molecule has 168 valence electrons. The normalized spacial score (nSPS) is 17.2. The number of halogens is 2. The van der Waals surface area contributed by atoms with Crippen LogP contribution in [-0.2, 0) is 11.8 Å². The maximum Gasteiger partial charge on any atom is 0.205 e. The van der Waals surface area contributed by atoms with Gasteiger partial charge in [0.15, 0.2) is 0 Å². The zero-order valence-electron chi connectivity index (χ0n) is 18.0. The van der Waals surface area contributed by atoms with Gasteiger partial charge in [0.25, 0.3) is 0 Å². The number of rotatable bonds is 4. The average Bonchev–Trinajstić information content (AvgIpc) is 3.27. The van der Waals surface area contributed by atoms with Crippen LogP contribution in [0.5, 0.6) is 0 Å². The van der Waals surface area contributed by atoms with E-state index in [1.807, 2.05) is 24.0 Å². The second-order valence-corrected chi connectivity index (χ2v) is 8.52. The molecular formula is C23H26ClFN6O. The van der Waals surface area contributed by atoms with Crippen molar-refractivity contribution in [3.63, 3.8) is 0 Å². The van der Waals surface area contributed by atoms with E-state index in [-0.39, 0.29) is 5.02 Å². The van der Waals surface area contributed by atoms with Crippen LogP contribution in [0, 0.1) is 5.82 Å². The number of ether oxygens (including phenoxy) is 1. The summed E-state index contributed by atoms with van der Waals surface area (Å²) in [5.74, 6) is 2.40. The summed E-state index contributed by atoms with van der Waals surface area (Å²) < 4.78 is 21.3. The highest BCUT2D eigenvalue weighted by Gasteiger charge is 2.23. The number of morpholine rings is 1. The lowest BCUT2D eigenvalue weighted by atomic mass is 10.1. The summed E-state index contributed by atoms with van der Waals surface area (Å²) in [4.78, 5) is 16.3. The van der Waals surface area contributed by atoms with Crippen LogP contribution in [0.2, 0.25) is 5.02 Å². The summed E-state index contributed by atoms with van der Waals surface area (Å²) in [5.41, 5.74) is 1.85. The molecule has 1 aromatic carbocycles. The molecular weight excluding hydrogens is 431 g/mol. The maximum atomic E-state index is 13.8. The highest BCUT2D eigenvalue weighted by Crippen LogP contribution is 2.31. The van der Waals surface area contributed by atoms with Gasteiger partial charge in [-0.05, 0) is 35.4 Å². The number of aryl methyl sites for hydroxylation is 1. The molecule has 0 saturated carbocycles. The van der Waals surface area contributed by atoms with E-state index in [4.69, 9.17) is 21.3 Å². The van der Waals surface area contributed by atoms with Crippen LogP contribution in [-0.4, -0.2) is 67.0 Å². The van der Waals surface area contributed by atoms with Crippen molar-refractivity contribution < 1.29 is 9.13 Å². The fourth-order valence-electron chi connectivity index (χ4n) is 4.26. The number of imidazole rings is 1. The Bertz CT molecular complexity index is 1090. The number of hydrogen-bond donors (Lipinski definition) is 0. The monoisotopic (exact) mass is 456 g/mol. The van der Waals surface area contributed by atoms with Gasteiger partial charge in [-0.3, -0.25) is 0 Å². The second-order valence-electron chi connectivity index (χ2n) is 8.11. The van der Waals surface area contributed by atoms with E-state index in [0.717, 1.165) is 68.0 Å². The molecule has 0 amide bonds. The third kappa shape index (κ3) is 4.25. The van der Waals surface area contributed by atoms with E-state index in [9.17, 15) is 4.39 Å². The van der Waals surface area contributed by atoms with Gasteiger partial charge in [0.1, 0.15) is 17.5 Å². The van der Waals surface area contributed by atoms with E-state index in [1.54, 1.807) is 12.1 Å². The minimum atomic E-state index is -0.413. The number of benzene rings is 1. The van der Waals surface area contributed by atoms with Gasteiger partial charge in [-0.2, -0.15) is 0 Å². The number of anilines is 3. The molecule has 0 aliphatic carbocycles. The predicted octanol–water partition coefficient (Wildman–Crippen LogP) is 3.44. The summed E-state index contributed by atoms with van der Waals surface area (Å²) in [5, 5.41) is 0.123. The molecule has 2 fully saturated rings. The van der Waals surface area contributed by atoms with Gasteiger partial charge in [-0.15, -0.1) is 0 Å². The summed E-state index contributed by atoms with van der Waals surface area (Å²) >= 11 is 6.08. The lowest BCUT2D eigenvalue weighted by Crippen LogP contribution is -2.47. The summed E-state index contributed by atoms with van der Waals surface area (Å²) in [7, 11) is 2.02. The molecule has 0 bridgehead atoms. The van der Waals surface area contributed by atoms with E-state index < -0.39 is 5.82 Å². The van der Waals surface area contributed by atoms with E-state index in [0.29, 0.717) is 13.2 Å². The van der Waals surface area contributed by atoms with Crippen molar-refractivity contribution in [1.82, 2.24) is 14.5 Å². The van der Waals surface area contributed by atoms with E-state index >= 15 is 0 Å². The zero-order chi connectivity index (χ0) is 22.1. The molecule has 3 aromatic rings. The van der Waals surface area contributed by atoms with Gasteiger partial charge >= 0.3 is 0 Å². The Balaban J connectivity index is 1.44. The van der Waals surface area contributed by atoms with E-state index in [1.165, 1.54) is 6.07 Å². The first-order valence-corrected chi connectivity index (χ1v) is 11.2. The fraction of sp³-hybridized carbons (Fsp3) is 0.391. The Hall–Kier alpha value is -2.84. The smallest absolute Gasteiger partial charge is 0.205 e. The lowest BCUT2D eigenvalue weighted by Gasteiger charge is -2.36. The number of piperazine rings is 1. The molecule has 0 spiro atoms. The van der Waals surface area contributed by atoms with Gasteiger partial charge in [-0.25, -0.2) is 14.4 Å². The summed E-state index contributed by atoms with van der Waals surface area (Å²) in [6.45, 7) is 6.39. The maximum absolute atomic E-state index is 13.8. The van der Waals surface area contributed by atoms with Crippen LogP contribution in [0.25, 0.3) is 11.1 Å². The third-order valence-corrected chi connectivity index (χ3v) is 6.36. The average molecular weight is 457 g/mol. The molecule has 2 aliphatic rings. The van der Waals surface area contributed by atoms with Crippen molar-refractivity contribution in [2.24, 2.45) is 7.05 Å². The summed E-state index contributed by atoms with van der Waals surface area (Å²) in [6.07, 6.45) is 3.80. The molecule has 9 heteroatoms. The summed E-state index contributed by atoms with van der Waals surface area (Å²) in [6, 6.07) is 8.99. The van der Waals surface area contributed by atoms with Gasteiger partial charge in [0.05, 0.1) is 18.2 Å². The van der Waals surface area contributed by atoms with Crippen LogP contribution < -0.4 is 14.7 Å². The van der Waals surface area contributed by atoms with Crippen LogP contribution in [0.3, 0.4) is 0 Å². The van der Waals surface area contributed by atoms with Gasteiger partial charge in [0, 0.05) is 58.7 Å². The molecule has 7 nitrogen and oxygen atoms in total. The molecule has 0 atom stereocenters. The van der Waals surface area contributed by atoms with Gasteiger partial charge in [-0.1, -0.05) is 17.7 Å². The number of hydrogen-bond acceptors (Lipinski definition) is 6. The number of nitrogens with zero attached hydrogens (tertiary/aromatic N) is 6. The molecule has 32 heavy (non-hydrogen) atoms. The highest BCUT2D eigenvalue weighted by atomic mass is 35.5. The van der Waals surface area contributed by atoms with Crippen LogP contribution in [0.1, 0.15) is 0 Å². The topological polar surface area (TPSA) is 49.7 Å². The van der Waals surface area contributed by atoms with Crippen molar-refractivity contribution in [2.75, 3.05) is 67.2 Å². The number of aromatic nitrogens is 3. The Morgan fingerprint density at radius 2 is 1.53 bits per heavy atom. The molecule has 0 unspecified atom stereocenters. The number of pyridine rings is 1. The fourth-order valence-corrected chi connectivity index (χ4v) is 4.44. The Labute approximate surface area is 192 Å². The molecule has 5 rings (SSSR count). The molecule has 0 N–H and O–H groups in total. The Morgan fingerprint density at radius 3 is 2.16 bits per heavy atom. The lowest BCUT2D eigenvalue weighted by molar-refractivity contribution is 0.122. The minimum absolute atomic E-state index is 0.123. The van der Waals surface area contributed by atoms with Gasteiger partial charge < -0.3 is 24.0 Å². The van der Waals surface area contributed by atoms with Crippen molar-refractivity contribution in [1.29, 1.82) is 0 Å². The Morgan fingerprint density at radius 1 is 0.875 bits per heavy atom. The molecule has 2 aliphatic heterocycles.